The molecule has 0 unspecified atom stereocenters. The lowest BCUT2D eigenvalue weighted by molar-refractivity contribution is -0.138. The van der Waals surface area contributed by atoms with E-state index in [4.69, 9.17) is 15.9 Å². The molecule has 5 heteroatoms. The highest BCUT2D eigenvalue weighted by Gasteiger charge is 2.08. The molecule has 0 amide bonds. The van der Waals surface area contributed by atoms with Crippen LogP contribution < -0.4 is 5.73 Å². The van der Waals surface area contributed by atoms with E-state index in [2.05, 4.69) is 0 Å². The monoisotopic (exact) mass is 173 g/mol. The minimum Gasteiger partial charge on any atom is -0.480 e. The molecule has 1 atom stereocenters. The summed E-state index contributed by atoms with van der Waals surface area (Å²) in [6, 6.07) is -0.913. The minimum absolute atomic E-state index is 0.249. The summed E-state index contributed by atoms with van der Waals surface area (Å²) in [5.41, 5.74) is 5.15. The molecule has 0 saturated carbocycles. The Kier molecular flexibility index (Phi) is 4.71. The van der Waals surface area contributed by atoms with Gasteiger partial charge in [0.15, 0.2) is 0 Å². The first kappa shape index (κ1) is 10.6. The summed E-state index contributed by atoms with van der Waals surface area (Å²) in [6.45, 7) is 0. The summed E-state index contributed by atoms with van der Waals surface area (Å²) in [4.78, 5) is 20.1. The number of hydrogen-bond donors (Lipinski definition) is 3. The van der Waals surface area contributed by atoms with Crippen molar-refractivity contribution in [2.24, 2.45) is 5.73 Å². The molecular weight excluding hydrogens is 162 g/mol. The summed E-state index contributed by atoms with van der Waals surface area (Å²) in [6.07, 6.45) is 2.96. The Morgan fingerprint density at radius 1 is 1.42 bits per heavy atom. The van der Waals surface area contributed by atoms with Crippen LogP contribution in [0.5, 0.6) is 0 Å². The van der Waals surface area contributed by atoms with Crippen LogP contribution in [0.1, 0.15) is 12.8 Å². The van der Waals surface area contributed by atoms with E-state index in [-0.39, 0.29) is 6.42 Å². The van der Waals surface area contributed by atoms with Crippen molar-refractivity contribution in [1.82, 2.24) is 0 Å². The Balaban J connectivity index is 3.56. The molecule has 0 bridgehead atoms. The van der Waals surface area contributed by atoms with Gasteiger partial charge in [-0.05, 0) is 12.8 Å². The molecule has 12 heavy (non-hydrogen) atoms. The summed E-state index contributed by atoms with van der Waals surface area (Å²) >= 11 is 0. The van der Waals surface area contributed by atoms with Crippen LogP contribution in [0.4, 0.5) is 0 Å². The summed E-state index contributed by atoms with van der Waals surface area (Å²) in [5.74, 6) is -2.11. The Labute approximate surface area is 69.5 Å². The van der Waals surface area contributed by atoms with Crippen LogP contribution in [0.15, 0.2) is 12.2 Å². The van der Waals surface area contributed by atoms with Crippen LogP contribution in [0.3, 0.4) is 0 Å². The molecule has 0 fully saturated rings. The number of hydrogen-bond acceptors (Lipinski definition) is 3. The maximum atomic E-state index is 10.2. The van der Waals surface area contributed by atoms with Crippen LogP contribution in [-0.4, -0.2) is 28.2 Å². The number of allylic oxidation sites excluding steroid dienone is 1. The second-order valence-electron chi connectivity index (χ2n) is 2.26. The zero-order valence-corrected chi connectivity index (χ0v) is 6.43. The SMILES string of the molecule is N[C@@H](CC/C=C/C(=O)O)C(=O)O. The third kappa shape index (κ3) is 5.43. The second-order valence-corrected chi connectivity index (χ2v) is 2.26. The van der Waals surface area contributed by atoms with E-state index in [0.717, 1.165) is 6.08 Å². The third-order valence-corrected chi connectivity index (χ3v) is 1.22. The average Bonchev–Trinajstić information content (AvgIpc) is 1.97. The fraction of sp³-hybridized carbons (Fsp3) is 0.429. The van der Waals surface area contributed by atoms with Gasteiger partial charge in [-0.2, -0.15) is 0 Å². The number of carboxylic acids is 2. The van der Waals surface area contributed by atoms with Gasteiger partial charge in [0, 0.05) is 6.08 Å². The van der Waals surface area contributed by atoms with Gasteiger partial charge in [-0.1, -0.05) is 6.08 Å². The van der Waals surface area contributed by atoms with E-state index < -0.39 is 18.0 Å². The second kappa shape index (κ2) is 5.31. The molecule has 0 aromatic rings. The van der Waals surface area contributed by atoms with Crippen molar-refractivity contribution in [1.29, 1.82) is 0 Å². The van der Waals surface area contributed by atoms with E-state index in [1.165, 1.54) is 6.08 Å². The van der Waals surface area contributed by atoms with Crippen molar-refractivity contribution in [3.05, 3.63) is 12.2 Å². The maximum Gasteiger partial charge on any atom is 0.327 e. The van der Waals surface area contributed by atoms with Crippen molar-refractivity contribution in [3.63, 3.8) is 0 Å². The Hall–Kier alpha value is -1.36. The molecule has 0 rings (SSSR count). The quantitative estimate of drug-likeness (QED) is 0.500. The third-order valence-electron chi connectivity index (χ3n) is 1.22. The van der Waals surface area contributed by atoms with E-state index in [1.54, 1.807) is 0 Å². The Bertz CT molecular complexity index is 200. The van der Waals surface area contributed by atoms with Crippen molar-refractivity contribution < 1.29 is 19.8 Å². The Morgan fingerprint density at radius 3 is 2.42 bits per heavy atom. The molecule has 0 spiro atoms. The number of carboxylic acid groups (broad SMARTS) is 2. The molecule has 68 valence electrons. The highest BCUT2D eigenvalue weighted by Crippen LogP contribution is 1.95. The van der Waals surface area contributed by atoms with Crippen LogP contribution >= 0.6 is 0 Å². The predicted octanol–water partition coefficient (Wildman–Crippen LogP) is -0.181. The van der Waals surface area contributed by atoms with Crippen molar-refractivity contribution in [2.75, 3.05) is 0 Å². The van der Waals surface area contributed by atoms with Crippen LogP contribution in [0, 0.1) is 0 Å². The van der Waals surface area contributed by atoms with E-state index in [1.807, 2.05) is 0 Å². The minimum atomic E-state index is -1.07. The topological polar surface area (TPSA) is 101 Å². The molecule has 0 aliphatic heterocycles. The van der Waals surface area contributed by atoms with Crippen molar-refractivity contribution in [2.45, 2.75) is 18.9 Å². The highest BCUT2D eigenvalue weighted by atomic mass is 16.4. The lowest BCUT2D eigenvalue weighted by Crippen LogP contribution is -2.29. The van der Waals surface area contributed by atoms with Gasteiger partial charge < -0.3 is 15.9 Å². The van der Waals surface area contributed by atoms with E-state index in [9.17, 15) is 9.59 Å². The zero-order chi connectivity index (χ0) is 9.56. The molecule has 5 nitrogen and oxygen atoms in total. The maximum absolute atomic E-state index is 10.2. The van der Waals surface area contributed by atoms with Crippen molar-refractivity contribution in [3.8, 4) is 0 Å². The van der Waals surface area contributed by atoms with Crippen molar-refractivity contribution >= 4 is 11.9 Å². The first-order valence-corrected chi connectivity index (χ1v) is 3.42. The molecule has 0 saturated heterocycles. The Morgan fingerprint density at radius 2 is 2.00 bits per heavy atom. The fourth-order valence-electron chi connectivity index (χ4n) is 0.583. The molecule has 0 aromatic heterocycles. The number of carbonyl (C=O) groups is 2. The summed E-state index contributed by atoms with van der Waals surface area (Å²) < 4.78 is 0. The molecule has 0 heterocycles. The summed E-state index contributed by atoms with van der Waals surface area (Å²) in [7, 11) is 0. The van der Waals surface area contributed by atoms with Gasteiger partial charge in [0.1, 0.15) is 6.04 Å². The predicted molar refractivity (Wildman–Crippen MR) is 41.6 cm³/mol. The van der Waals surface area contributed by atoms with E-state index in [0.29, 0.717) is 6.42 Å². The normalized spacial score (nSPS) is 13.1. The van der Waals surface area contributed by atoms with Crippen LogP contribution in [0.25, 0.3) is 0 Å². The average molecular weight is 173 g/mol. The fourth-order valence-corrected chi connectivity index (χ4v) is 0.583. The number of aliphatic carboxylic acids is 2. The lowest BCUT2D eigenvalue weighted by Gasteiger charge is -2.01. The smallest absolute Gasteiger partial charge is 0.327 e. The molecule has 0 aliphatic carbocycles. The van der Waals surface area contributed by atoms with Gasteiger partial charge >= 0.3 is 11.9 Å². The highest BCUT2D eigenvalue weighted by molar-refractivity contribution is 5.79. The van der Waals surface area contributed by atoms with Crippen LogP contribution in [0.2, 0.25) is 0 Å². The summed E-state index contributed by atoms with van der Waals surface area (Å²) in [5, 5.41) is 16.5. The molecule has 0 aromatic carbocycles. The van der Waals surface area contributed by atoms with Gasteiger partial charge in [0.2, 0.25) is 0 Å². The van der Waals surface area contributed by atoms with Crippen LogP contribution in [-0.2, 0) is 9.59 Å². The van der Waals surface area contributed by atoms with E-state index >= 15 is 0 Å². The van der Waals surface area contributed by atoms with Gasteiger partial charge in [-0.15, -0.1) is 0 Å². The zero-order valence-electron chi connectivity index (χ0n) is 6.43. The molecular formula is C7H11NO4. The lowest BCUT2D eigenvalue weighted by atomic mass is 10.1. The van der Waals surface area contributed by atoms with Gasteiger partial charge in [-0.25, -0.2) is 4.79 Å². The van der Waals surface area contributed by atoms with Gasteiger partial charge in [0.25, 0.3) is 0 Å². The molecule has 4 N–H and O–H groups in total. The first-order chi connectivity index (χ1) is 5.54. The number of nitrogens with two attached hydrogens (primary N) is 1. The first-order valence-electron chi connectivity index (χ1n) is 3.42. The van der Waals surface area contributed by atoms with Gasteiger partial charge in [-0.3, -0.25) is 4.79 Å². The molecule has 0 aliphatic rings. The largest absolute Gasteiger partial charge is 0.480 e. The molecule has 0 radical (unpaired) electrons. The number of rotatable bonds is 5. The standard InChI is InChI=1S/C7H11NO4/c8-5(7(11)12)3-1-2-4-6(9)10/h2,4-5H,1,3,8H2,(H,9,10)(H,11,12)/b4-2+/t5-/m0/s1. The van der Waals surface area contributed by atoms with Gasteiger partial charge in [0.05, 0.1) is 0 Å².